The zero-order valence-corrected chi connectivity index (χ0v) is 11.2. The number of nitrogens with two attached hydrogens (primary N) is 1. The molecule has 0 fully saturated rings. The second kappa shape index (κ2) is 5.77. The number of aliphatic hydroxyl groups is 1. The summed E-state index contributed by atoms with van der Waals surface area (Å²) < 4.78 is 35.0. The van der Waals surface area contributed by atoms with Crippen molar-refractivity contribution >= 4 is 9.84 Å². The molecule has 0 radical (unpaired) electrons. The number of sulfone groups is 1. The van der Waals surface area contributed by atoms with Gasteiger partial charge in [0.1, 0.15) is 13.2 Å². The first-order valence-corrected chi connectivity index (χ1v) is 7.67. The summed E-state index contributed by atoms with van der Waals surface area (Å²) in [5.74, 6) is 0.778. The lowest BCUT2D eigenvalue weighted by Gasteiger charge is -2.19. The van der Waals surface area contributed by atoms with Crippen molar-refractivity contribution in [1.82, 2.24) is 0 Å². The van der Waals surface area contributed by atoms with E-state index >= 15 is 0 Å². The van der Waals surface area contributed by atoms with Crippen LogP contribution in [0.5, 0.6) is 11.5 Å². The molecule has 0 spiro atoms. The summed E-state index contributed by atoms with van der Waals surface area (Å²) in [7, 11) is -3.49. The molecule has 106 valence electrons. The number of aliphatic hydroxyl groups excluding tert-OH is 1. The Hall–Kier alpha value is -1.31. The minimum absolute atomic E-state index is 0.127. The van der Waals surface area contributed by atoms with Crippen molar-refractivity contribution in [2.75, 3.05) is 25.6 Å². The molecule has 1 aliphatic rings. The average Bonchev–Trinajstić information content (AvgIpc) is 2.37. The molecule has 2 rings (SSSR count). The van der Waals surface area contributed by atoms with E-state index in [0.717, 1.165) is 0 Å². The molecule has 1 aromatic rings. The Bertz CT molecular complexity index is 543. The van der Waals surface area contributed by atoms with Gasteiger partial charge in [-0.15, -0.1) is 0 Å². The first-order valence-electron chi connectivity index (χ1n) is 6.02. The minimum Gasteiger partial charge on any atom is -0.486 e. The molecule has 0 saturated heterocycles. The van der Waals surface area contributed by atoms with E-state index in [0.29, 0.717) is 24.7 Å². The van der Waals surface area contributed by atoms with Crippen LogP contribution in [0.3, 0.4) is 0 Å². The summed E-state index contributed by atoms with van der Waals surface area (Å²) in [6.07, 6.45) is 0.254. The summed E-state index contributed by atoms with van der Waals surface area (Å²) in [5, 5.41) is 8.75. The van der Waals surface area contributed by atoms with Crippen LogP contribution >= 0.6 is 0 Å². The fourth-order valence-corrected chi connectivity index (χ4v) is 3.33. The fraction of sp³-hybridized carbons (Fsp3) is 0.500. The summed E-state index contributed by atoms with van der Waals surface area (Å²) in [4.78, 5) is 0.158. The van der Waals surface area contributed by atoms with Gasteiger partial charge in [0.15, 0.2) is 21.3 Å². The Morgan fingerprint density at radius 3 is 2.63 bits per heavy atom. The van der Waals surface area contributed by atoms with E-state index in [4.69, 9.17) is 20.3 Å². The van der Waals surface area contributed by atoms with E-state index in [1.807, 2.05) is 0 Å². The Morgan fingerprint density at radius 1 is 1.26 bits per heavy atom. The number of ether oxygens (including phenoxy) is 2. The van der Waals surface area contributed by atoms with Crippen molar-refractivity contribution in [2.24, 2.45) is 5.73 Å². The zero-order valence-electron chi connectivity index (χ0n) is 10.4. The molecule has 3 N–H and O–H groups in total. The van der Waals surface area contributed by atoms with E-state index in [9.17, 15) is 8.42 Å². The number of fused-ring (bicyclic) bond motifs is 1. The predicted octanol–water partition coefficient (Wildman–Crippen LogP) is -0.0588. The molecule has 0 aromatic heterocycles. The van der Waals surface area contributed by atoms with Crippen molar-refractivity contribution in [3.63, 3.8) is 0 Å². The normalized spacial score (nSPS) is 16.1. The van der Waals surface area contributed by atoms with Gasteiger partial charge in [0.25, 0.3) is 0 Å². The molecule has 1 aliphatic heterocycles. The van der Waals surface area contributed by atoms with Crippen LogP contribution in [0.2, 0.25) is 0 Å². The van der Waals surface area contributed by atoms with Crippen LogP contribution in [0.25, 0.3) is 0 Å². The third-order valence-electron chi connectivity index (χ3n) is 2.81. The quantitative estimate of drug-likeness (QED) is 0.787. The van der Waals surface area contributed by atoms with Gasteiger partial charge < -0.3 is 20.3 Å². The summed E-state index contributed by atoms with van der Waals surface area (Å²) in [6.45, 7) is 0.735. The topological polar surface area (TPSA) is 98.9 Å². The van der Waals surface area contributed by atoms with E-state index in [1.54, 1.807) is 6.07 Å². The molecule has 0 saturated carbocycles. The first-order chi connectivity index (χ1) is 9.03. The lowest BCUT2D eigenvalue weighted by Crippen LogP contribution is -2.30. The highest BCUT2D eigenvalue weighted by atomic mass is 32.2. The predicted molar refractivity (Wildman–Crippen MR) is 69.2 cm³/mol. The maximum absolute atomic E-state index is 12.1. The zero-order chi connectivity index (χ0) is 13.9. The van der Waals surface area contributed by atoms with Crippen molar-refractivity contribution in [2.45, 2.75) is 17.4 Å². The molecule has 1 atom stereocenters. The molecule has 0 amide bonds. The molecule has 6 nitrogen and oxygen atoms in total. The highest BCUT2D eigenvalue weighted by Crippen LogP contribution is 2.32. The molecule has 0 bridgehead atoms. The highest BCUT2D eigenvalue weighted by Gasteiger charge is 2.21. The maximum atomic E-state index is 12.1. The fourth-order valence-electron chi connectivity index (χ4n) is 1.84. The van der Waals surface area contributed by atoms with E-state index in [1.165, 1.54) is 12.1 Å². The van der Waals surface area contributed by atoms with Crippen molar-refractivity contribution in [3.8, 4) is 11.5 Å². The highest BCUT2D eigenvalue weighted by molar-refractivity contribution is 7.91. The maximum Gasteiger partial charge on any atom is 0.180 e. The van der Waals surface area contributed by atoms with Crippen LogP contribution in [0, 0.1) is 0 Å². The monoisotopic (exact) mass is 287 g/mol. The van der Waals surface area contributed by atoms with E-state index < -0.39 is 15.9 Å². The molecular weight excluding hydrogens is 270 g/mol. The standard InChI is InChI=1S/C12H17NO5S/c13-9(3-4-14)8-19(15,16)10-1-2-11-12(7-10)18-6-5-17-11/h1-2,7,9,14H,3-6,8,13H2. The third kappa shape index (κ3) is 3.37. The second-order valence-electron chi connectivity index (χ2n) is 4.36. The molecule has 1 unspecified atom stereocenters. The van der Waals surface area contributed by atoms with E-state index in [2.05, 4.69) is 0 Å². The van der Waals surface area contributed by atoms with Crippen LogP contribution in [-0.4, -0.2) is 45.1 Å². The number of benzene rings is 1. The Balaban J connectivity index is 2.21. The van der Waals surface area contributed by atoms with Gasteiger partial charge in [-0.05, 0) is 18.6 Å². The molecule has 1 heterocycles. The van der Waals surface area contributed by atoms with Crippen LogP contribution in [-0.2, 0) is 9.84 Å². The molecule has 7 heteroatoms. The van der Waals surface area contributed by atoms with Crippen molar-refractivity contribution in [1.29, 1.82) is 0 Å². The number of rotatable bonds is 5. The van der Waals surface area contributed by atoms with Gasteiger partial charge in [-0.3, -0.25) is 0 Å². The van der Waals surface area contributed by atoms with Crippen molar-refractivity contribution in [3.05, 3.63) is 18.2 Å². The molecular formula is C12H17NO5S. The SMILES string of the molecule is NC(CCO)CS(=O)(=O)c1ccc2c(c1)OCCO2. The number of hydrogen-bond acceptors (Lipinski definition) is 6. The summed E-state index contributed by atoms with van der Waals surface area (Å²) >= 11 is 0. The van der Waals surface area contributed by atoms with Gasteiger partial charge in [-0.1, -0.05) is 0 Å². The molecule has 0 aliphatic carbocycles. The second-order valence-corrected chi connectivity index (χ2v) is 6.39. The molecule has 19 heavy (non-hydrogen) atoms. The van der Waals surface area contributed by atoms with Gasteiger partial charge in [-0.25, -0.2) is 8.42 Å². The van der Waals surface area contributed by atoms with Crippen LogP contribution in [0.4, 0.5) is 0 Å². The lowest BCUT2D eigenvalue weighted by atomic mass is 10.3. The first kappa shape index (κ1) is 14.1. The van der Waals surface area contributed by atoms with E-state index in [-0.39, 0.29) is 23.7 Å². The van der Waals surface area contributed by atoms with Crippen LogP contribution < -0.4 is 15.2 Å². The van der Waals surface area contributed by atoms with Gasteiger partial charge in [-0.2, -0.15) is 0 Å². The average molecular weight is 287 g/mol. The van der Waals surface area contributed by atoms with Crippen molar-refractivity contribution < 1.29 is 23.0 Å². The lowest BCUT2D eigenvalue weighted by molar-refractivity contribution is 0.171. The third-order valence-corrected chi connectivity index (χ3v) is 4.65. The van der Waals surface area contributed by atoms with Gasteiger partial charge in [0, 0.05) is 18.7 Å². The van der Waals surface area contributed by atoms with Gasteiger partial charge in [0.2, 0.25) is 0 Å². The van der Waals surface area contributed by atoms with Gasteiger partial charge >= 0.3 is 0 Å². The Kier molecular flexibility index (Phi) is 4.28. The molecule has 1 aromatic carbocycles. The van der Waals surface area contributed by atoms with Crippen LogP contribution in [0.1, 0.15) is 6.42 Å². The summed E-state index contributed by atoms with van der Waals surface area (Å²) in [5.41, 5.74) is 5.65. The smallest absolute Gasteiger partial charge is 0.180 e. The Morgan fingerprint density at radius 2 is 1.95 bits per heavy atom. The Labute approximate surface area is 112 Å². The van der Waals surface area contributed by atoms with Gasteiger partial charge in [0.05, 0.1) is 10.6 Å². The summed E-state index contributed by atoms with van der Waals surface area (Å²) in [6, 6.07) is 3.94. The largest absolute Gasteiger partial charge is 0.486 e. The minimum atomic E-state index is -3.49. The number of hydrogen-bond donors (Lipinski definition) is 2. The van der Waals surface area contributed by atoms with Crippen LogP contribution in [0.15, 0.2) is 23.1 Å².